The number of thioether (sulfide) groups is 1. The summed E-state index contributed by atoms with van der Waals surface area (Å²) in [6.45, 7) is 0. The molecule has 0 amide bonds. The van der Waals surface area contributed by atoms with Gasteiger partial charge in [0.25, 0.3) is 0 Å². The molecule has 76 valence electrons. The van der Waals surface area contributed by atoms with E-state index in [4.69, 9.17) is 5.73 Å². The molecule has 0 saturated carbocycles. The Hall–Kier alpha value is -0.800. The predicted molar refractivity (Wildman–Crippen MR) is 61.3 cm³/mol. The van der Waals surface area contributed by atoms with E-state index >= 15 is 0 Å². The van der Waals surface area contributed by atoms with Gasteiger partial charge in [0.1, 0.15) is 5.37 Å². The first kappa shape index (κ1) is 11.3. The minimum atomic E-state index is -0.362. The molecule has 0 aliphatic heterocycles. The van der Waals surface area contributed by atoms with Crippen LogP contribution >= 0.6 is 11.8 Å². The van der Waals surface area contributed by atoms with E-state index in [9.17, 15) is 4.79 Å². The summed E-state index contributed by atoms with van der Waals surface area (Å²) in [5, 5.41) is -0.362. The Bertz CT molecular complexity index is 287. The van der Waals surface area contributed by atoms with Gasteiger partial charge in [-0.15, -0.1) is 11.8 Å². The Morgan fingerprint density at radius 1 is 1.43 bits per heavy atom. The average Bonchev–Trinajstić information content (AvgIpc) is 2.26. The van der Waals surface area contributed by atoms with Gasteiger partial charge in [-0.05, 0) is 18.2 Å². The van der Waals surface area contributed by atoms with Gasteiger partial charge in [0.05, 0.1) is 0 Å². The normalized spacial score (nSPS) is 12.4. The van der Waals surface area contributed by atoms with Crippen LogP contribution in [0.4, 0.5) is 0 Å². The van der Waals surface area contributed by atoms with Crippen LogP contribution in [0.5, 0.6) is 0 Å². The fourth-order valence-corrected chi connectivity index (χ4v) is 1.57. The molecule has 14 heavy (non-hydrogen) atoms. The number of carbonyl (C=O) groups is 1. The first-order valence-electron chi connectivity index (χ1n) is 4.59. The van der Waals surface area contributed by atoms with Gasteiger partial charge in [0.2, 0.25) is 0 Å². The molecule has 0 radical (unpaired) electrons. The van der Waals surface area contributed by atoms with Gasteiger partial charge in [0, 0.05) is 6.42 Å². The Labute approximate surface area is 88.9 Å². The molecule has 1 aromatic rings. The van der Waals surface area contributed by atoms with Crippen LogP contribution in [-0.2, 0) is 11.2 Å². The lowest BCUT2D eigenvalue weighted by Crippen LogP contribution is -2.26. The summed E-state index contributed by atoms with van der Waals surface area (Å²) < 4.78 is 0. The minimum absolute atomic E-state index is 0.126. The standard InChI is InChI=1S/C11H15NOS/c1-14-11(12)10(13)8-7-9-5-3-2-4-6-9/h2-6,11H,7-8,12H2,1H3. The van der Waals surface area contributed by atoms with Gasteiger partial charge in [-0.1, -0.05) is 30.3 Å². The second-order valence-corrected chi connectivity index (χ2v) is 4.09. The van der Waals surface area contributed by atoms with E-state index in [1.54, 1.807) is 0 Å². The monoisotopic (exact) mass is 209 g/mol. The lowest BCUT2D eigenvalue weighted by molar-refractivity contribution is -0.118. The molecule has 2 N–H and O–H groups in total. The third-order valence-corrected chi connectivity index (χ3v) is 2.84. The van der Waals surface area contributed by atoms with E-state index in [2.05, 4.69) is 0 Å². The third kappa shape index (κ3) is 3.52. The summed E-state index contributed by atoms with van der Waals surface area (Å²) in [6, 6.07) is 9.98. The van der Waals surface area contributed by atoms with Crippen LogP contribution < -0.4 is 5.73 Å². The maximum absolute atomic E-state index is 11.4. The highest BCUT2D eigenvalue weighted by Gasteiger charge is 2.10. The summed E-state index contributed by atoms with van der Waals surface area (Å²) in [5.41, 5.74) is 6.78. The van der Waals surface area contributed by atoms with Crippen molar-refractivity contribution in [3.05, 3.63) is 35.9 Å². The molecule has 0 heterocycles. The van der Waals surface area contributed by atoms with E-state index in [0.717, 1.165) is 6.42 Å². The minimum Gasteiger partial charge on any atom is -0.313 e. The number of Topliss-reactive ketones (excluding diaryl/α,β-unsaturated/α-hetero) is 1. The molecule has 1 aromatic carbocycles. The van der Waals surface area contributed by atoms with Gasteiger partial charge in [-0.2, -0.15) is 0 Å². The number of nitrogens with two attached hydrogens (primary N) is 1. The topological polar surface area (TPSA) is 43.1 Å². The Kier molecular flexibility index (Phi) is 4.70. The molecule has 2 nitrogen and oxygen atoms in total. The van der Waals surface area contributed by atoms with E-state index in [-0.39, 0.29) is 11.2 Å². The van der Waals surface area contributed by atoms with E-state index in [0.29, 0.717) is 6.42 Å². The van der Waals surface area contributed by atoms with Crippen molar-refractivity contribution < 1.29 is 4.79 Å². The zero-order valence-corrected chi connectivity index (χ0v) is 9.09. The number of rotatable bonds is 5. The van der Waals surface area contributed by atoms with Crippen molar-refractivity contribution >= 4 is 17.5 Å². The number of hydrogen-bond donors (Lipinski definition) is 1. The largest absolute Gasteiger partial charge is 0.313 e. The Morgan fingerprint density at radius 3 is 2.64 bits per heavy atom. The smallest absolute Gasteiger partial charge is 0.160 e. The molecule has 0 bridgehead atoms. The molecule has 1 unspecified atom stereocenters. The molecule has 0 fully saturated rings. The molecule has 0 aromatic heterocycles. The number of aryl methyl sites for hydroxylation is 1. The SMILES string of the molecule is CSC(N)C(=O)CCc1ccccc1. The van der Waals surface area contributed by atoms with Crippen molar-refractivity contribution in [3.63, 3.8) is 0 Å². The van der Waals surface area contributed by atoms with Crippen LogP contribution in [0.15, 0.2) is 30.3 Å². The number of carbonyl (C=O) groups excluding carboxylic acids is 1. The molecule has 1 atom stereocenters. The van der Waals surface area contributed by atoms with Crippen LogP contribution in [-0.4, -0.2) is 17.4 Å². The second kappa shape index (κ2) is 5.83. The quantitative estimate of drug-likeness (QED) is 0.752. The van der Waals surface area contributed by atoms with Crippen molar-refractivity contribution in [1.82, 2.24) is 0 Å². The van der Waals surface area contributed by atoms with Crippen molar-refractivity contribution in [3.8, 4) is 0 Å². The van der Waals surface area contributed by atoms with Gasteiger partial charge in [-0.3, -0.25) is 4.79 Å². The summed E-state index contributed by atoms with van der Waals surface area (Å²) in [5.74, 6) is 0.126. The van der Waals surface area contributed by atoms with Gasteiger partial charge < -0.3 is 5.73 Å². The van der Waals surface area contributed by atoms with Crippen LogP contribution in [0.25, 0.3) is 0 Å². The lowest BCUT2D eigenvalue weighted by Gasteiger charge is -2.06. The third-order valence-electron chi connectivity index (χ3n) is 2.07. The predicted octanol–water partition coefficient (Wildman–Crippen LogP) is 1.84. The van der Waals surface area contributed by atoms with Crippen LogP contribution in [0, 0.1) is 0 Å². The molecule has 0 aliphatic rings. The van der Waals surface area contributed by atoms with Gasteiger partial charge >= 0.3 is 0 Å². The Balaban J connectivity index is 2.38. The van der Waals surface area contributed by atoms with Crippen LogP contribution in [0.2, 0.25) is 0 Å². The molecular weight excluding hydrogens is 194 g/mol. The van der Waals surface area contributed by atoms with E-state index in [1.165, 1.54) is 17.3 Å². The fourth-order valence-electron chi connectivity index (χ4n) is 1.19. The summed E-state index contributed by atoms with van der Waals surface area (Å²) in [7, 11) is 0. The number of hydrogen-bond acceptors (Lipinski definition) is 3. The van der Waals surface area contributed by atoms with Crippen molar-refractivity contribution in [2.75, 3.05) is 6.26 Å². The maximum atomic E-state index is 11.4. The molecule has 0 saturated heterocycles. The van der Waals surface area contributed by atoms with E-state index < -0.39 is 0 Å². The van der Waals surface area contributed by atoms with E-state index in [1.807, 2.05) is 36.6 Å². The zero-order valence-electron chi connectivity index (χ0n) is 8.27. The van der Waals surface area contributed by atoms with Gasteiger partial charge in [0.15, 0.2) is 5.78 Å². The number of ketones is 1. The summed E-state index contributed by atoms with van der Waals surface area (Å²) in [6.07, 6.45) is 3.17. The molecule has 3 heteroatoms. The first-order valence-corrected chi connectivity index (χ1v) is 5.88. The first-order chi connectivity index (χ1) is 6.74. The highest BCUT2D eigenvalue weighted by atomic mass is 32.2. The van der Waals surface area contributed by atoms with Crippen LogP contribution in [0.3, 0.4) is 0 Å². The van der Waals surface area contributed by atoms with Crippen molar-refractivity contribution in [2.24, 2.45) is 5.73 Å². The molecule has 1 rings (SSSR count). The highest BCUT2D eigenvalue weighted by Crippen LogP contribution is 2.07. The second-order valence-electron chi connectivity index (χ2n) is 3.11. The highest BCUT2D eigenvalue weighted by molar-refractivity contribution is 7.99. The lowest BCUT2D eigenvalue weighted by atomic mass is 10.1. The summed E-state index contributed by atoms with van der Waals surface area (Å²) in [4.78, 5) is 11.4. The number of benzene rings is 1. The van der Waals surface area contributed by atoms with Crippen LogP contribution in [0.1, 0.15) is 12.0 Å². The maximum Gasteiger partial charge on any atom is 0.160 e. The Morgan fingerprint density at radius 2 is 2.07 bits per heavy atom. The van der Waals surface area contributed by atoms with Crippen molar-refractivity contribution in [1.29, 1.82) is 0 Å². The molecule has 0 spiro atoms. The molecular formula is C11H15NOS. The van der Waals surface area contributed by atoms with Crippen molar-refractivity contribution in [2.45, 2.75) is 18.2 Å². The molecule has 0 aliphatic carbocycles. The zero-order chi connectivity index (χ0) is 10.4. The fraction of sp³-hybridized carbons (Fsp3) is 0.364. The summed E-state index contributed by atoms with van der Waals surface area (Å²) >= 11 is 1.40. The van der Waals surface area contributed by atoms with Gasteiger partial charge in [-0.25, -0.2) is 0 Å². The average molecular weight is 209 g/mol.